The number of carbonyl (C=O) groups is 4. The van der Waals surface area contributed by atoms with Gasteiger partial charge in [-0.05, 0) is 25.1 Å². The highest BCUT2D eigenvalue weighted by Gasteiger charge is 2.48. The molecule has 2 aromatic carbocycles. The Morgan fingerprint density at radius 1 is 0.879 bits per heavy atom. The SMILES string of the molecule is CCOC(=O)N1CCN(C(=O)CN2C(=O)c3ccccc3N3C(=O)c4ccccc4C23)CC1. The van der Waals surface area contributed by atoms with E-state index < -0.39 is 6.17 Å². The van der Waals surface area contributed by atoms with Crippen LogP contribution in [0.5, 0.6) is 0 Å². The van der Waals surface area contributed by atoms with E-state index in [-0.39, 0.29) is 30.4 Å². The Morgan fingerprint density at radius 3 is 2.24 bits per heavy atom. The largest absolute Gasteiger partial charge is 0.450 e. The maximum absolute atomic E-state index is 13.5. The van der Waals surface area contributed by atoms with Gasteiger partial charge in [-0.25, -0.2) is 4.79 Å². The summed E-state index contributed by atoms with van der Waals surface area (Å²) >= 11 is 0. The average Bonchev–Trinajstić information content (AvgIpc) is 3.14. The lowest BCUT2D eigenvalue weighted by Crippen LogP contribution is -2.55. The highest BCUT2D eigenvalue weighted by atomic mass is 16.6. The lowest BCUT2D eigenvalue weighted by molar-refractivity contribution is -0.134. The molecule has 2 aromatic rings. The number of fused-ring (bicyclic) bond motifs is 5. The maximum Gasteiger partial charge on any atom is 0.409 e. The van der Waals surface area contributed by atoms with Gasteiger partial charge in [-0.15, -0.1) is 0 Å². The van der Waals surface area contributed by atoms with E-state index >= 15 is 0 Å². The maximum atomic E-state index is 13.5. The summed E-state index contributed by atoms with van der Waals surface area (Å²) in [6.45, 7) is 3.36. The topological polar surface area (TPSA) is 90.5 Å². The van der Waals surface area contributed by atoms with Gasteiger partial charge in [-0.3, -0.25) is 19.3 Å². The van der Waals surface area contributed by atoms with Crippen LogP contribution < -0.4 is 4.90 Å². The zero-order chi connectivity index (χ0) is 23.1. The van der Waals surface area contributed by atoms with E-state index in [9.17, 15) is 19.2 Å². The second kappa shape index (κ2) is 8.23. The summed E-state index contributed by atoms with van der Waals surface area (Å²) in [6, 6.07) is 14.2. The Hall–Kier alpha value is -3.88. The Labute approximate surface area is 191 Å². The molecule has 170 valence electrons. The average molecular weight is 448 g/mol. The van der Waals surface area contributed by atoms with E-state index in [0.29, 0.717) is 55.2 Å². The zero-order valence-electron chi connectivity index (χ0n) is 18.3. The predicted molar refractivity (Wildman–Crippen MR) is 119 cm³/mol. The van der Waals surface area contributed by atoms with Crippen molar-refractivity contribution in [1.82, 2.24) is 14.7 Å². The van der Waals surface area contributed by atoms with E-state index in [1.54, 1.807) is 58.0 Å². The first-order chi connectivity index (χ1) is 16.0. The number of amides is 4. The van der Waals surface area contributed by atoms with Gasteiger partial charge in [0.05, 0.1) is 17.9 Å². The molecule has 3 aliphatic rings. The molecule has 1 fully saturated rings. The molecule has 0 saturated carbocycles. The third-order valence-electron chi connectivity index (χ3n) is 6.35. The minimum atomic E-state index is -0.666. The summed E-state index contributed by atoms with van der Waals surface area (Å²) < 4.78 is 5.03. The minimum Gasteiger partial charge on any atom is -0.450 e. The standard InChI is InChI=1S/C24H24N4O5/c1-2-33-24(32)26-13-11-25(12-14-26)20(29)15-27-21-16-7-3-4-8-17(16)23(31)28(21)19-10-6-5-9-18(19)22(27)30/h3-10,21H,2,11-15H2,1H3. The summed E-state index contributed by atoms with van der Waals surface area (Å²) in [4.78, 5) is 58.1. The number of anilines is 1. The number of para-hydroxylation sites is 1. The van der Waals surface area contributed by atoms with Crippen molar-refractivity contribution in [3.63, 3.8) is 0 Å². The molecule has 3 aliphatic heterocycles. The van der Waals surface area contributed by atoms with E-state index in [2.05, 4.69) is 0 Å². The number of benzene rings is 2. The smallest absolute Gasteiger partial charge is 0.409 e. The van der Waals surface area contributed by atoms with Crippen molar-refractivity contribution >= 4 is 29.5 Å². The number of ether oxygens (including phenoxy) is 1. The molecule has 0 radical (unpaired) electrons. The lowest BCUT2D eigenvalue weighted by atomic mass is 10.0. The molecule has 33 heavy (non-hydrogen) atoms. The molecule has 9 nitrogen and oxygen atoms in total. The van der Waals surface area contributed by atoms with Crippen LogP contribution in [-0.4, -0.2) is 77.8 Å². The van der Waals surface area contributed by atoms with E-state index in [1.807, 2.05) is 12.1 Å². The molecule has 3 heterocycles. The van der Waals surface area contributed by atoms with Gasteiger partial charge in [0.1, 0.15) is 12.7 Å². The third-order valence-corrected chi connectivity index (χ3v) is 6.35. The number of hydrogen-bond donors (Lipinski definition) is 0. The van der Waals surface area contributed by atoms with Gasteiger partial charge < -0.3 is 19.4 Å². The number of carbonyl (C=O) groups excluding carboxylic acids is 4. The minimum absolute atomic E-state index is 0.157. The second-order valence-corrected chi connectivity index (χ2v) is 8.15. The van der Waals surface area contributed by atoms with Gasteiger partial charge in [0.2, 0.25) is 5.91 Å². The van der Waals surface area contributed by atoms with Crippen LogP contribution in [0.2, 0.25) is 0 Å². The summed E-state index contributed by atoms with van der Waals surface area (Å²) in [5, 5.41) is 0. The molecule has 0 aliphatic carbocycles. The van der Waals surface area contributed by atoms with E-state index in [0.717, 1.165) is 0 Å². The molecule has 0 spiro atoms. The van der Waals surface area contributed by atoms with Crippen LogP contribution in [0.15, 0.2) is 48.5 Å². The molecular weight excluding hydrogens is 424 g/mol. The van der Waals surface area contributed by atoms with Crippen molar-refractivity contribution in [2.24, 2.45) is 0 Å². The molecule has 0 bridgehead atoms. The zero-order valence-corrected chi connectivity index (χ0v) is 18.3. The Morgan fingerprint density at radius 2 is 1.52 bits per heavy atom. The van der Waals surface area contributed by atoms with Crippen LogP contribution in [0, 0.1) is 0 Å². The Balaban J connectivity index is 1.40. The first-order valence-electron chi connectivity index (χ1n) is 11.0. The molecule has 0 N–H and O–H groups in total. The fraction of sp³-hybridized carbons (Fsp3) is 0.333. The molecule has 0 aromatic heterocycles. The van der Waals surface area contributed by atoms with Crippen molar-refractivity contribution in [2.75, 3.05) is 44.2 Å². The molecule has 1 atom stereocenters. The quantitative estimate of drug-likeness (QED) is 0.717. The monoisotopic (exact) mass is 448 g/mol. The Kier molecular flexibility index (Phi) is 5.24. The van der Waals surface area contributed by atoms with Gasteiger partial charge >= 0.3 is 6.09 Å². The highest BCUT2D eigenvalue weighted by Crippen LogP contribution is 2.45. The molecule has 1 saturated heterocycles. The van der Waals surface area contributed by atoms with E-state index in [1.165, 1.54) is 4.90 Å². The second-order valence-electron chi connectivity index (χ2n) is 8.15. The van der Waals surface area contributed by atoms with Crippen molar-refractivity contribution in [1.29, 1.82) is 0 Å². The molecule has 9 heteroatoms. The van der Waals surface area contributed by atoms with Crippen LogP contribution in [0.25, 0.3) is 0 Å². The normalized spacial score (nSPS) is 19.2. The van der Waals surface area contributed by atoms with Crippen molar-refractivity contribution in [2.45, 2.75) is 13.1 Å². The van der Waals surface area contributed by atoms with Crippen LogP contribution in [-0.2, 0) is 9.53 Å². The first-order valence-corrected chi connectivity index (χ1v) is 11.0. The molecule has 1 unspecified atom stereocenters. The molecule has 5 rings (SSSR count). The predicted octanol–water partition coefficient (Wildman–Crippen LogP) is 2.10. The number of piperazine rings is 1. The molecule has 4 amide bonds. The summed E-state index contributed by atoms with van der Waals surface area (Å²) in [5.41, 5.74) is 2.20. The first kappa shape index (κ1) is 21.0. The van der Waals surface area contributed by atoms with Crippen LogP contribution in [0.3, 0.4) is 0 Å². The van der Waals surface area contributed by atoms with Crippen molar-refractivity contribution in [3.05, 3.63) is 65.2 Å². The van der Waals surface area contributed by atoms with Crippen molar-refractivity contribution < 1.29 is 23.9 Å². The Bertz CT molecular complexity index is 1140. The highest BCUT2D eigenvalue weighted by molar-refractivity contribution is 6.17. The number of hydrogen-bond acceptors (Lipinski definition) is 5. The summed E-state index contributed by atoms with van der Waals surface area (Å²) in [7, 11) is 0. The molecular formula is C24H24N4O5. The fourth-order valence-corrected chi connectivity index (χ4v) is 4.73. The van der Waals surface area contributed by atoms with Gasteiger partial charge in [0.25, 0.3) is 11.8 Å². The fourth-order valence-electron chi connectivity index (χ4n) is 4.73. The van der Waals surface area contributed by atoms with Gasteiger partial charge in [0, 0.05) is 37.3 Å². The lowest BCUT2D eigenvalue weighted by Gasteiger charge is -2.42. The summed E-state index contributed by atoms with van der Waals surface area (Å²) in [6.07, 6.45) is -1.05. The van der Waals surface area contributed by atoms with Crippen molar-refractivity contribution in [3.8, 4) is 0 Å². The van der Waals surface area contributed by atoms with Gasteiger partial charge in [0.15, 0.2) is 0 Å². The number of rotatable bonds is 3. The van der Waals surface area contributed by atoms with Crippen LogP contribution >= 0.6 is 0 Å². The van der Waals surface area contributed by atoms with Crippen LogP contribution in [0.1, 0.15) is 39.4 Å². The van der Waals surface area contributed by atoms with E-state index in [4.69, 9.17) is 4.74 Å². The summed E-state index contributed by atoms with van der Waals surface area (Å²) in [5.74, 6) is -0.686. The van der Waals surface area contributed by atoms with Crippen LogP contribution in [0.4, 0.5) is 10.5 Å². The number of nitrogens with zero attached hydrogens (tertiary/aromatic N) is 4. The van der Waals surface area contributed by atoms with Gasteiger partial charge in [-0.1, -0.05) is 30.3 Å². The third kappa shape index (κ3) is 3.40. The van der Waals surface area contributed by atoms with Gasteiger partial charge in [-0.2, -0.15) is 0 Å².